The third-order valence-corrected chi connectivity index (χ3v) is 7.93. The van der Waals surface area contributed by atoms with E-state index in [4.69, 9.17) is 14.2 Å². The number of methoxy groups -OCH3 is 1. The molecule has 0 fully saturated rings. The Hall–Kier alpha value is -4.07. The molecule has 1 heterocycles. The second-order valence-corrected chi connectivity index (χ2v) is 11.0. The quantitative estimate of drug-likeness (QED) is 0.0795. The minimum atomic E-state index is -0.212. The highest BCUT2D eigenvalue weighted by Crippen LogP contribution is 2.29. The Morgan fingerprint density at radius 3 is 2.44 bits per heavy atom. The largest absolute Gasteiger partial charge is 0.496 e. The number of hydrogen-bond donors (Lipinski definition) is 1. The van der Waals surface area contributed by atoms with Gasteiger partial charge in [-0.2, -0.15) is 0 Å². The molecule has 0 saturated carbocycles. The molecular weight excluding hydrogens is 556 g/mol. The smallest absolute Gasteiger partial charge is 0.248 e. The predicted molar refractivity (Wildman–Crippen MR) is 177 cm³/mol. The molecule has 7 heteroatoms. The molecule has 0 saturated heterocycles. The highest BCUT2D eigenvalue weighted by molar-refractivity contribution is 7.98. The average molecular weight is 597 g/mol. The van der Waals surface area contributed by atoms with Gasteiger partial charge in [0, 0.05) is 47.0 Å². The van der Waals surface area contributed by atoms with Gasteiger partial charge in [-0.25, -0.2) is 0 Å². The van der Waals surface area contributed by atoms with Gasteiger partial charge in [0.1, 0.15) is 18.1 Å². The van der Waals surface area contributed by atoms with Crippen molar-refractivity contribution >= 4 is 29.4 Å². The van der Waals surface area contributed by atoms with Crippen molar-refractivity contribution in [1.29, 1.82) is 0 Å². The number of carbonyl (C=O) groups excluding carboxylic acids is 1. The third-order valence-electron chi connectivity index (χ3n) is 6.87. The van der Waals surface area contributed by atoms with Crippen molar-refractivity contribution in [2.75, 3.05) is 32.2 Å². The molecule has 3 aromatic carbocycles. The Bertz CT molecular complexity index is 1470. The Balaban J connectivity index is 1.32. The first-order valence-electron chi connectivity index (χ1n) is 14.7. The number of benzene rings is 3. The van der Waals surface area contributed by atoms with Crippen LogP contribution in [0.4, 0.5) is 5.69 Å². The molecule has 0 atom stereocenters. The highest BCUT2D eigenvalue weighted by Gasteiger charge is 2.07. The maximum atomic E-state index is 12.7. The average Bonchev–Trinajstić information content (AvgIpc) is 3.05. The summed E-state index contributed by atoms with van der Waals surface area (Å²) < 4.78 is 16.9. The summed E-state index contributed by atoms with van der Waals surface area (Å²) in [7, 11) is 1.63. The lowest BCUT2D eigenvalue weighted by molar-refractivity contribution is -0.111. The number of carbonyl (C=O) groups is 1. The number of amides is 1. The molecule has 0 aliphatic heterocycles. The van der Waals surface area contributed by atoms with Gasteiger partial charge in [0.05, 0.1) is 13.7 Å². The van der Waals surface area contributed by atoms with E-state index in [1.54, 1.807) is 24.9 Å². The number of thioether (sulfide) groups is 1. The normalized spacial score (nSPS) is 11.0. The number of nitrogens with zero attached hydrogens (tertiary/aromatic N) is 1. The number of unbranched alkanes of at least 4 members (excludes halogenated alkanes) is 1. The SMILES string of the molecule is CCCCOCCOc1ccc(-c2ccc(OC)c(/C=C/C(=O)Nc3ccc(SCc4cnccc4CC)cc3)c2)cc1. The molecular formula is C36H40N2O4S. The fourth-order valence-electron chi connectivity index (χ4n) is 4.43. The summed E-state index contributed by atoms with van der Waals surface area (Å²) in [4.78, 5) is 18.1. The Labute approximate surface area is 259 Å². The van der Waals surface area contributed by atoms with Crippen molar-refractivity contribution in [3.05, 3.63) is 108 Å². The predicted octanol–water partition coefficient (Wildman–Crippen LogP) is 8.46. The van der Waals surface area contributed by atoms with Crippen LogP contribution < -0.4 is 14.8 Å². The van der Waals surface area contributed by atoms with Gasteiger partial charge < -0.3 is 19.5 Å². The van der Waals surface area contributed by atoms with Crippen LogP contribution in [-0.4, -0.2) is 37.8 Å². The Morgan fingerprint density at radius 2 is 1.70 bits per heavy atom. The first kappa shape index (κ1) is 31.9. The van der Waals surface area contributed by atoms with Crippen molar-refractivity contribution in [3.8, 4) is 22.6 Å². The van der Waals surface area contributed by atoms with Crippen LogP contribution >= 0.6 is 11.8 Å². The van der Waals surface area contributed by atoms with Crippen LogP contribution in [0.15, 0.2) is 96.2 Å². The van der Waals surface area contributed by atoms with Crippen molar-refractivity contribution in [1.82, 2.24) is 4.98 Å². The van der Waals surface area contributed by atoms with Crippen LogP contribution in [0.3, 0.4) is 0 Å². The summed E-state index contributed by atoms with van der Waals surface area (Å²) in [5.41, 5.74) is 6.18. The molecule has 0 spiro atoms. The van der Waals surface area contributed by atoms with Crippen LogP contribution in [0.25, 0.3) is 17.2 Å². The van der Waals surface area contributed by atoms with Crippen LogP contribution in [0.1, 0.15) is 43.4 Å². The monoisotopic (exact) mass is 596 g/mol. The molecule has 4 rings (SSSR count). The summed E-state index contributed by atoms with van der Waals surface area (Å²) in [6.45, 7) is 6.19. The zero-order chi connectivity index (χ0) is 30.3. The zero-order valence-electron chi connectivity index (χ0n) is 25.2. The molecule has 0 aliphatic rings. The summed E-state index contributed by atoms with van der Waals surface area (Å²) in [5.74, 6) is 2.14. The number of aryl methyl sites for hydroxylation is 1. The van der Waals surface area contributed by atoms with Gasteiger partial charge in [0.25, 0.3) is 0 Å². The fraction of sp³-hybridized carbons (Fsp3) is 0.278. The van der Waals surface area contributed by atoms with Gasteiger partial charge in [0.15, 0.2) is 0 Å². The summed E-state index contributed by atoms with van der Waals surface area (Å²) in [5, 5.41) is 2.94. The number of ether oxygens (including phenoxy) is 3. The lowest BCUT2D eigenvalue weighted by Gasteiger charge is -2.10. The summed E-state index contributed by atoms with van der Waals surface area (Å²) in [6, 6.07) is 23.9. The van der Waals surface area contributed by atoms with E-state index in [9.17, 15) is 4.79 Å². The molecule has 0 radical (unpaired) electrons. The van der Waals surface area contributed by atoms with E-state index in [2.05, 4.69) is 30.2 Å². The van der Waals surface area contributed by atoms with Crippen molar-refractivity contribution in [3.63, 3.8) is 0 Å². The Kier molecular flexibility index (Phi) is 12.7. The van der Waals surface area contributed by atoms with E-state index in [1.165, 1.54) is 17.2 Å². The van der Waals surface area contributed by atoms with Crippen molar-refractivity contribution in [2.45, 2.75) is 43.8 Å². The maximum Gasteiger partial charge on any atom is 0.248 e. The summed E-state index contributed by atoms with van der Waals surface area (Å²) in [6.07, 6.45) is 10.3. The van der Waals surface area contributed by atoms with E-state index < -0.39 is 0 Å². The van der Waals surface area contributed by atoms with E-state index in [0.29, 0.717) is 19.0 Å². The molecule has 0 unspecified atom stereocenters. The molecule has 1 aromatic heterocycles. The molecule has 0 bridgehead atoms. The minimum absolute atomic E-state index is 0.212. The van der Waals surface area contributed by atoms with E-state index in [0.717, 1.165) is 64.6 Å². The number of nitrogens with one attached hydrogen (secondary N) is 1. The van der Waals surface area contributed by atoms with Crippen LogP contribution in [0.2, 0.25) is 0 Å². The molecule has 1 amide bonds. The third kappa shape index (κ3) is 10.0. The van der Waals surface area contributed by atoms with Gasteiger partial charge >= 0.3 is 0 Å². The Morgan fingerprint density at radius 1 is 0.907 bits per heavy atom. The molecule has 4 aromatic rings. The number of anilines is 1. The van der Waals surface area contributed by atoms with Gasteiger partial charge in [-0.05, 0) is 95.8 Å². The number of rotatable bonds is 16. The zero-order valence-corrected chi connectivity index (χ0v) is 26.0. The second-order valence-electron chi connectivity index (χ2n) is 9.93. The van der Waals surface area contributed by atoms with Gasteiger partial charge in [-0.3, -0.25) is 9.78 Å². The van der Waals surface area contributed by atoms with E-state index in [-0.39, 0.29) is 5.91 Å². The second kappa shape index (κ2) is 17.1. The van der Waals surface area contributed by atoms with Gasteiger partial charge in [-0.15, -0.1) is 11.8 Å². The van der Waals surface area contributed by atoms with Gasteiger partial charge in [-0.1, -0.05) is 38.5 Å². The van der Waals surface area contributed by atoms with Crippen molar-refractivity contribution < 1.29 is 19.0 Å². The molecule has 1 N–H and O–H groups in total. The minimum Gasteiger partial charge on any atom is -0.496 e. The van der Waals surface area contributed by atoms with Crippen LogP contribution in [0, 0.1) is 0 Å². The van der Waals surface area contributed by atoms with E-state index >= 15 is 0 Å². The number of hydrogen-bond acceptors (Lipinski definition) is 6. The summed E-state index contributed by atoms with van der Waals surface area (Å²) >= 11 is 1.76. The van der Waals surface area contributed by atoms with E-state index in [1.807, 2.05) is 79.1 Å². The van der Waals surface area contributed by atoms with Crippen LogP contribution in [0.5, 0.6) is 11.5 Å². The standard InChI is InChI=1S/C36H40N2O4S/c1-4-6-21-41-22-23-42-33-13-7-28(8-14-33)29-9-17-35(40-3)30(24-29)10-18-36(39)38-32-11-15-34(16-12-32)43-26-31-25-37-20-19-27(31)5-2/h7-20,24-25H,4-6,21-23,26H2,1-3H3,(H,38,39)/b18-10+. The topological polar surface area (TPSA) is 69.7 Å². The number of pyridine rings is 1. The van der Waals surface area contributed by atoms with Crippen LogP contribution in [-0.2, 0) is 21.7 Å². The lowest BCUT2D eigenvalue weighted by atomic mass is 10.0. The molecule has 0 aliphatic carbocycles. The lowest BCUT2D eigenvalue weighted by Crippen LogP contribution is -2.07. The highest BCUT2D eigenvalue weighted by atomic mass is 32.2. The first-order chi connectivity index (χ1) is 21.1. The fourth-order valence-corrected chi connectivity index (χ4v) is 5.34. The molecule has 224 valence electrons. The molecule has 43 heavy (non-hydrogen) atoms. The van der Waals surface area contributed by atoms with Gasteiger partial charge in [0.2, 0.25) is 5.91 Å². The molecule has 6 nitrogen and oxygen atoms in total. The first-order valence-corrected chi connectivity index (χ1v) is 15.7. The number of aromatic nitrogens is 1. The maximum absolute atomic E-state index is 12.7. The van der Waals surface area contributed by atoms with Crippen molar-refractivity contribution in [2.24, 2.45) is 0 Å².